The standard InChI is InChI=1S/C23H32F3N3O4S/c1-4-22(19(27)30)12-14-9-10-17(15(11-14)13-22)28-20(31)21(2,3)29-34(32,33)18-8-6-5-7-16(18)23(24,25)26/h5-8,14-15,17,29H,4,9-13H2,1-3H3,(H2,27,30)(H,28,31). The number of carbonyl (C=O) groups excluding carboxylic acids is 2. The average Bonchev–Trinajstić information content (AvgIpc) is 2.74. The van der Waals surface area contributed by atoms with E-state index in [0.717, 1.165) is 31.4 Å². The average molecular weight is 504 g/mol. The molecule has 2 amide bonds. The van der Waals surface area contributed by atoms with E-state index >= 15 is 0 Å². The molecule has 0 spiro atoms. The lowest BCUT2D eigenvalue weighted by Crippen LogP contribution is -2.59. The van der Waals surface area contributed by atoms with Gasteiger partial charge in [-0.05, 0) is 76.3 Å². The molecular formula is C23H32F3N3O4S. The van der Waals surface area contributed by atoms with Crippen molar-refractivity contribution in [3.05, 3.63) is 29.8 Å². The molecule has 0 heterocycles. The monoisotopic (exact) mass is 503 g/mol. The van der Waals surface area contributed by atoms with Crippen molar-refractivity contribution in [3.63, 3.8) is 0 Å². The van der Waals surface area contributed by atoms with Crippen molar-refractivity contribution in [2.75, 3.05) is 0 Å². The fourth-order valence-electron chi connectivity index (χ4n) is 5.49. The third-order valence-electron chi connectivity index (χ3n) is 7.38. The Morgan fingerprint density at radius 1 is 1.15 bits per heavy atom. The van der Waals surface area contributed by atoms with Crippen molar-refractivity contribution in [1.29, 1.82) is 0 Å². The second-order valence-corrected chi connectivity index (χ2v) is 11.8. The van der Waals surface area contributed by atoms with Crippen molar-refractivity contribution in [2.24, 2.45) is 23.0 Å². The minimum atomic E-state index is -4.87. The van der Waals surface area contributed by atoms with Gasteiger partial charge in [0.25, 0.3) is 0 Å². The van der Waals surface area contributed by atoms with E-state index in [1.165, 1.54) is 19.9 Å². The fourth-order valence-corrected chi connectivity index (χ4v) is 7.09. The number of halogens is 3. The van der Waals surface area contributed by atoms with E-state index in [9.17, 15) is 31.2 Å². The summed E-state index contributed by atoms with van der Waals surface area (Å²) in [5.74, 6) is -0.629. The lowest BCUT2D eigenvalue weighted by atomic mass is 9.58. The van der Waals surface area contributed by atoms with Crippen LogP contribution < -0.4 is 15.8 Å². The predicted octanol–water partition coefficient (Wildman–Crippen LogP) is 3.34. The zero-order chi connectivity index (χ0) is 25.5. The summed E-state index contributed by atoms with van der Waals surface area (Å²) >= 11 is 0. The third kappa shape index (κ3) is 5.25. The second kappa shape index (κ2) is 9.14. The van der Waals surface area contributed by atoms with Crippen molar-refractivity contribution in [1.82, 2.24) is 10.0 Å². The number of sulfonamides is 1. The predicted molar refractivity (Wildman–Crippen MR) is 120 cm³/mol. The van der Waals surface area contributed by atoms with Crippen LogP contribution in [0.25, 0.3) is 0 Å². The Morgan fingerprint density at radius 2 is 1.79 bits per heavy atom. The molecule has 4 atom stereocenters. The van der Waals surface area contributed by atoms with Crippen LogP contribution in [0.5, 0.6) is 0 Å². The number of amides is 2. The minimum absolute atomic E-state index is 0.0160. The molecule has 34 heavy (non-hydrogen) atoms. The number of fused-ring (bicyclic) bond motifs is 2. The van der Waals surface area contributed by atoms with Crippen molar-refractivity contribution in [3.8, 4) is 0 Å². The SMILES string of the molecule is CCC1(C(N)=O)CC2CCC(NC(=O)C(C)(C)NS(=O)(=O)c3ccccc3C(F)(F)F)C(C2)C1. The molecule has 0 aliphatic heterocycles. The summed E-state index contributed by atoms with van der Waals surface area (Å²) in [6.07, 6.45) is -0.652. The molecule has 11 heteroatoms. The van der Waals surface area contributed by atoms with Gasteiger partial charge in [0.2, 0.25) is 21.8 Å². The molecular weight excluding hydrogens is 471 g/mol. The molecule has 2 aliphatic rings. The summed E-state index contributed by atoms with van der Waals surface area (Å²) in [7, 11) is -4.66. The number of hydrogen-bond donors (Lipinski definition) is 3. The molecule has 3 rings (SSSR count). The molecule has 0 saturated heterocycles. The number of carbonyl (C=O) groups is 2. The number of hydrogen-bond acceptors (Lipinski definition) is 4. The minimum Gasteiger partial charge on any atom is -0.369 e. The fraction of sp³-hybridized carbons (Fsp3) is 0.652. The van der Waals surface area contributed by atoms with Gasteiger partial charge in [-0.2, -0.15) is 17.9 Å². The van der Waals surface area contributed by atoms with Gasteiger partial charge in [0.05, 0.1) is 10.5 Å². The first-order valence-corrected chi connectivity index (χ1v) is 12.9. The summed E-state index contributed by atoms with van der Waals surface area (Å²) in [4.78, 5) is 24.4. The summed E-state index contributed by atoms with van der Waals surface area (Å²) in [5, 5.41) is 2.89. The van der Waals surface area contributed by atoms with Gasteiger partial charge in [-0.1, -0.05) is 19.1 Å². The number of alkyl halides is 3. The maximum absolute atomic E-state index is 13.3. The first-order chi connectivity index (χ1) is 15.6. The van der Waals surface area contributed by atoms with Gasteiger partial charge in [-0.15, -0.1) is 0 Å². The molecule has 1 aromatic carbocycles. The van der Waals surface area contributed by atoms with Gasteiger partial charge in [0.1, 0.15) is 5.54 Å². The Hall–Kier alpha value is -2.14. The second-order valence-electron chi connectivity index (χ2n) is 10.1. The highest BCUT2D eigenvalue weighted by Gasteiger charge is 2.49. The zero-order valence-electron chi connectivity index (χ0n) is 19.5. The maximum Gasteiger partial charge on any atom is 0.417 e. The number of nitrogens with one attached hydrogen (secondary N) is 2. The summed E-state index contributed by atoms with van der Waals surface area (Å²) < 4.78 is 67.8. The van der Waals surface area contributed by atoms with E-state index < -0.39 is 43.5 Å². The van der Waals surface area contributed by atoms with Crippen LogP contribution in [0.3, 0.4) is 0 Å². The van der Waals surface area contributed by atoms with Crippen LogP contribution in [0, 0.1) is 17.3 Å². The molecule has 4 N–H and O–H groups in total. The van der Waals surface area contributed by atoms with Gasteiger partial charge >= 0.3 is 6.18 Å². The Bertz CT molecular complexity index is 1060. The van der Waals surface area contributed by atoms with Crippen molar-refractivity contribution < 1.29 is 31.2 Å². The van der Waals surface area contributed by atoms with Gasteiger partial charge in [-0.25, -0.2) is 8.42 Å². The van der Waals surface area contributed by atoms with Crippen LogP contribution in [0.2, 0.25) is 0 Å². The summed E-state index contributed by atoms with van der Waals surface area (Å²) in [5.41, 5.74) is 2.08. The lowest BCUT2D eigenvalue weighted by Gasteiger charge is -2.49. The number of primary amides is 1. The van der Waals surface area contributed by atoms with Crippen LogP contribution in [-0.4, -0.2) is 31.8 Å². The quantitative estimate of drug-likeness (QED) is 0.529. The number of rotatable bonds is 7. The Labute approximate surface area is 198 Å². The highest BCUT2D eigenvalue weighted by molar-refractivity contribution is 7.89. The molecule has 4 unspecified atom stereocenters. The van der Waals surface area contributed by atoms with E-state index in [1.807, 2.05) is 6.92 Å². The van der Waals surface area contributed by atoms with Crippen LogP contribution in [0.15, 0.2) is 29.2 Å². The van der Waals surface area contributed by atoms with Crippen LogP contribution in [0.1, 0.15) is 64.9 Å². The molecule has 2 aliphatic carbocycles. The van der Waals surface area contributed by atoms with E-state index in [4.69, 9.17) is 5.73 Å². The smallest absolute Gasteiger partial charge is 0.369 e. The van der Waals surface area contributed by atoms with Crippen molar-refractivity contribution in [2.45, 2.75) is 81.9 Å². The highest BCUT2D eigenvalue weighted by atomic mass is 32.2. The largest absolute Gasteiger partial charge is 0.417 e. The molecule has 2 fully saturated rings. The van der Waals surface area contributed by atoms with Gasteiger partial charge in [0.15, 0.2) is 0 Å². The zero-order valence-corrected chi connectivity index (χ0v) is 20.4. The maximum atomic E-state index is 13.3. The Balaban J connectivity index is 1.77. The first kappa shape index (κ1) is 26.5. The molecule has 0 aromatic heterocycles. The summed E-state index contributed by atoms with van der Waals surface area (Å²) in [6.45, 7) is 4.54. The Kier molecular flexibility index (Phi) is 7.12. The van der Waals surface area contributed by atoms with E-state index in [0.29, 0.717) is 31.2 Å². The van der Waals surface area contributed by atoms with Crippen LogP contribution >= 0.6 is 0 Å². The Morgan fingerprint density at radius 3 is 2.38 bits per heavy atom. The van der Waals surface area contributed by atoms with E-state index in [-0.39, 0.29) is 17.9 Å². The van der Waals surface area contributed by atoms with Crippen LogP contribution in [-0.2, 0) is 25.8 Å². The highest BCUT2D eigenvalue weighted by Crippen LogP contribution is 2.50. The normalized spacial score (nSPS) is 27.8. The topological polar surface area (TPSA) is 118 Å². The molecule has 190 valence electrons. The molecule has 7 nitrogen and oxygen atoms in total. The summed E-state index contributed by atoms with van der Waals surface area (Å²) in [6, 6.07) is 3.55. The third-order valence-corrected chi connectivity index (χ3v) is 9.09. The van der Waals surface area contributed by atoms with Crippen molar-refractivity contribution >= 4 is 21.8 Å². The first-order valence-electron chi connectivity index (χ1n) is 11.4. The van der Waals surface area contributed by atoms with Gasteiger partial charge in [-0.3, -0.25) is 9.59 Å². The van der Waals surface area contributed by atoms with Crippen LogP contribution in [0.4, 0.5) is 13.2 Å². The lowest BCUT2D eigenvalue weighted by molar-refractivity contribution is -0.140. The number of benzene rings is 1. The molecule has 2 saturated carbocycles. The number of nitrogens with two attached hydrogens (primary N) is 1. The van der Waals surface area contributed by atoms with Gasteiger partial charge in [0, 0.05) is 11.5 Å². The molecule has 1 aromatic rings. The molecule has 0 radical (unpaired) electrons. The van der Waals surface area contributed by atoms with E-state index in [2.05, 4.69) is 10.0 Å². The van der Waals surface area contributed by atoms with Gasteiger partial charge < -0.3 is 11.1 Å². The molecule has 2 bridgehead atoms. The van der Waals surface area contributed by atoms with E-state index in [1.54, 1.807) is 0 Å².